The Morgan fingerprint density at radius 2 is 2.08 bits per heavy atom. The van der Waals surface area contributed by atoms with Gasteiger partial charge < -0.3 is 15.2 Å². The lowest BCUT2D eigenvalue weighted by molar-refractivity contribution is -0.129. The second kappa shape index (κ2) is 7.21. The lowest BCUT2D eigenvalue weighted by atomic mass is 9.97. The molecular formula is C18H23FN4O2. The van der Waals surface area contributed by atoms with Gasteiger partial charge in [0.15, 0.2) is 0 Å². The molecule has 1 aromatic carbocycles. The summed E-state index contributed by atoms with van der Waals surface area (Å²) < 4.78 is 15.2. The van der Waals surface area contributed by atoms with Gasteiger partial charge in [-0.2, -0.15) is 0 Å². The summed E-state index contributed by atoms with van der Waals surface area (Å²) in [7, 11) is 1.83. The summed E-state index contributed by atoms with van der Waals surface area (Å²) in [6, 6.07) is 3.92. The van der Waals surface area contributed by atoms with Crippen LogP contribution in [0.3, 0.4) is 0 Å². The van der Waals surface area contributed by atoms with Gasteiger partial charge in [0.2, 0.25) is 11.8 Å². The first-order valence-corrected chi connectivity index (χ1v) is 8.61. The average molecular weight is 346 g/mol. The SMILES string of the molecule is CC(=O)N[C@@H](C(=O)NCc1nc2cc(F)ccc2n1C)C1CCCC1. The van der Waals surface area contributed by atoms with E-state index in [-0.39, 0.29) is 30.1 Å². The Hall–Kier alpha value is -2.44. The lowest BCUT2D eigenvalue weighted by Gasteiger charge is -2.23. The standard InChI is InChI=1S/C18H23FN4O2/c1-11(24)21-17(12-5-3-4-6-12)18(25)20-10-16-22-14-9-13(19)7-8-15(14)23(16)2/h7-9,12,17H,3-6,10H2,1-2H3,(H,20,25)(H,21,24)/t17-/m1/s1. The number of hydrogen-bond donors (Lipinski definition) is 2. The number of nitrogens with zero attached hydrogens (tertiary/aromatic N) is 2. The summed E-state index contributed by atoms with van der Waals surface area (Å²) in [5, 5.41) is 5.65. The van der Waals surface area contributed by atoms with E-state index in [0.717, 1.165) is 31.2 Å². The summed E-state index contributed by atoms with van der Waals surface area (Å²) in [4.78, 5) is 28.4. The lowest BCUT2D eigenvalue weighted by Crippen LogP contribution is -2.49. The van der Waals surface area contributed by atoms with Crippen LogP contribution in [0.25, 0.3) is 11.0 Å². The normalized spacial score (nSPS) is 16.1. The van der Waals surface area contributed by atoms with Crippen molar-refractivity contribution in [2.75, 3.05) is 0 Å². The van der Waals surface area contributed by atoms with Gasteiger partial charge in [-0.25, -0.2) is 9.37 Å². The maximum Gasteiger partial charge on any atom is 0.243 e. The number of rotatable bonds is 5. The highest BCUT2D eigenvalue weighted by Gasteiger charge is 2.31. The molecule has 0 bridgehead atoms. The molecule has 134 valence electrons. The molecule has 25 heavy (non-hydrogen) atoms. The van der Waals surface area contributed by atoms with E-state index in [9.17, 15) is 14.0 Å². The maximum absolute atomic E-state index is 13.3. The monoisotopic (exact) mass is 346 g/mol. The number of aryl methyl sites for hydroxylation is 1. The van der Waals surface area contributed by atoms with E-state index in [1.54, 1.807) is 6.07 Å². The third-order valence-corrected chi connectivity index (χ3v) is 4.87. The number of fused-ring (bicyclic) bond motifs is 1. The van der Waals surface area contributed by atoms with Crippen molar-refractivity contribution in [1.82, 2.24) is 20.2 Å². The zero-order valence-electron chi connectivity index (χ0n) is 14.5. The Bertz CT molecular complexity index is 796. The topological polar surface area (TPSA) is 76.0 Å². The van der Waals surface area contributed by atoms with Gasteiger partial charge in [0.25, 0.3) is 0 Å². The summed E-state index contributed by atoms with van der Waals surface area (Å²) >= 11 is 0. The Labute approximate surface area is 145 Å². The predicted molar refractivity (Wildman–Crippen MR) is 92.1 cm³/mol. The zero-order chi connectivity index (χ0) is 18.0. The quantitative estimate of drug-likeness (QED) is 0.870. The number of nitrogens with one attached hydrogen (secondary N) is 2. The number of carbonyl (C=O) groups excluding carboxylic acids is 2. The Balaban J connectivity index is 1.71. The third kappa shape index (κ3) is 3.81. The van der Waals surface area contributed by atoms with Gasteiger partial charge in [0.05, 0.1) is 17.6 Å². The van der Waals surface area contributed by atoms with Crippen molar-refractivity contribution in [1.29, 1.82) is 0 Å². The number of imidazole rings is 1. The first-order chi connectivity index (χ1) is 12.0. The number of aromatic nitrogens is 2. The Morgan fingerprint density at radius 3 is 2.76 bits per heavy atom. The fourth-order valence-corrected chi connectivity index (χ4v) is 3.56. The van der Waals surface area contributed by atoms with Crippen LogP contribution in [0.15, 0.2) is 18.2 Å². The molecule has 3 rings (SSSR count). The van der Waals surface area contributed by atoms with E-state index >= 15 is 0 Å². The average Bonchev–Trinajstić information content (AvgIpc) is 3.18. The van der Waals surface area contributed by atoms with E-state index in [1.807, 2.05) is 11.6 Å². The molecule has 1 atom stereocenters. The van der Waals surface area contributed by atoms with Gasteiger partial charge >= 0.3 is 0 Å². The van der Waals surface area contributed by atoms with E-state index < -0.39 is 6.04 Å². The molecule has 1 fully saturated rings. The van der Waals surface area contributed by atoms with Crippen molar-refractivity contribution in [3.63, 3.8) is 0 Å². The fourth-order valence-electron chi connectivity index (χ4n) is 3.56. The molecule has 2 aromatic rings. The fraction of sp³-hybridized carbons (Fsp3) is 0.500. The zero-order valence-corrected chi connectivity index (χ0v) is 14.5. The first-order valence-electron chi connectivity index (χ1n) is 8.61. The predicted octanol–water partition coefficient (Wildman–Crippen LogP) is 2.02. The molecule has 0 aliphatic heterocycles. The van der Waals surface area contributed by atoms with Crippen LogP contribution in [0.5, 0.6) is 0 Å². The van der Waals surface area contributed by atoms with Crippen LogP contribution < -0.4 is 10.6 Å². The van der Waals surface area contributed by atoms with Gasteiger partial charge in [0.1, 0.15) is 17.7 Å². The molecule has 1 saturated carbocycles. The van der Waals surface area contributed by atoms with Crippen LogP contribution in [-0.2, 0) is 23.2 Å². The van der Waals surface area contributed by atoms with Gasteiger partial charge in [-0.15, -0.1) is 0 Å². The highest BCUT2D eigenvalue weighted by Crippen LogP contribution is 2.28. The summed E-state index contributed by atoms with van der Waals surface area (Å²) in [5.74, 6) is 0.0825. The number of carbonyl (C=O) groups is 2. The molecule has 7 heteroatoms. The molecule has 1 aromatic heterocycles. The minimum Gasteiger partial charge on any atom is -0.347 e. The van der Waals surface area contributed by atoms with Crippen molar-refractivity contribution in [3.05, 3.63) is 29.8 Å². The molecule has 2 N–H and O–H groups in total. The van der Waals surface area contributed by atoms with Crippen LogP contribution >= 0.6 is 0 Å². The Morgan fingerprint density at radius 1 is 1.36 bits per heavy atom. The van der Waals surface area contributed by atoms with Crippen LogP contribution in [0.1, 0.15) is 38.4 Å². The highest BCUT2D eigenvalue weighted by atomic mass is 19.1. The Kier molecular flexibility index (Phi) is 5.01. The number of halogens is 1. The van der Waals surface area contributed by atoms with Crippen molar-refractivity contribution < 1.29 is 14.0 Å². The number of amides is 2. The van der Waals surface area contributed by atoms with Crippen molar-refractivity contribution in [2.24, 2.45) is 13.0 Å². The molecular weight excluding hydrogens is 323 g/mol. The van der Waals surface area contributed by atoms with Gasteiger partial charge in [-0.3, -0.25) is 9.59 Å². The summed E-state index contributed by atoms with van der Waals surface area (Å²) in [5.41, 5.74) is 1.36. The van der Waals surface area contributed by atoms with E-state index in [2.05, 4.69) is 15.6 Å². The van der Waals surface area contributed by atoms with Crippen LogP contribution in [0.4, 0.5) is 4.39 Å². The highest BCUT2D eigenvalue weighted by molar-refractivity contribution is 5.87. The van der Waals surface area contributed by atoms with Gasteiger partial charge in [-0.1, -0.05) is 12.8 Å². The van der Waals surface area contributed by atoms with Crippen molar-refractivity contribution in [2.45, 2.75) is 45.2 Å². The van der Waals surface area contributed by atoms with Crippen LogP contribution in [-0.4, -0.2) is 27.4 Å². The molecule has 0 spiro atoms. The second-order valence-electron chi connectivity index (χ2n) is 6.66. The summed E-state index contributed by atoms with van der Waals surface area (Å²) in [6.07, 6.45) is 4.07. The van der Waals surface area contributed by atoms with Gasteiger partial charge in [-0.05, 0) is 30.9 Å². The van der Waals surface area contributed by atoms with Gasteiger partial charge in [0, 0.05) is 20.0 Å². The van der Waals surface area contributed by atoms with Crippen molar-refractivity contribution in [3.8, 4) is 0 Å². The maximum atomic E-state index is 13.3. The van der Waals surface area contributed by atoms with Crippen LogP contribution in [0, 0.1) is 11.7 Å². The molecule has 6 nitrogen and oxygen atoms in total. The van der Waals surface area contributed by atoms with Crippen molar-refractivity contribution >= 4 is 22.8 Å². The third-order valence-electron chi connectivity index (χ3n) is 4.87. The van der Waals surface area contributed by atoms with E-state index in [1.165, 1.54) is 19.1 Å². The summed E-state index contributed by atoms with van der Waals surface area (Å²) in [6.45, 7) is 1.66. The number of benzene rings is 1. The van der Waals surface area contributed by atoms with E-state index in [4.69, 9.17) is 0 Å². The first kappa shape index (κ1) is 17.4. The largest absolute Gasteiger partial charge is 0.347 e. The number of hydrogen-bond acceptors (Lipinski definition) is 3. The molecule has 0 unspecified atom stereocenters. The minimum absolute atomic E-state index is 0.179. The van der Waals surface area contributed by atoms with Crippen LogP contribution in [0.2, 0.25) is 0 Å². The second-order valence-corrected chi connectivity index (χ2v) is 6.66. The minimum atomic E-state index is -0.507. The smallest absolute Gasteiger partial charge is 0.243 e. The molecule has 2 amide bonds. The molecule has 1 aliphatic rings. The molecule has 0 saturated heterocycles. The van der Waals surface area contributed by atoms with E-state index in [0.29, 0.717) is 11.3 Å². The molecule has 1 aliphatic carbocycles. The molecule has 1 heterocycles. The molecule has 0 radical (unpaired) electrons.